The van der Waals surface area contributed by atoms with Gasteiger partial charge in [-0.2, -0.15) is 0 Å². The van der Waals surface area contributed by atoms with Crippen molar-refractivity contribution in [2.45, 2.75) is 69.0 Å². The molecule has 0 aromatic carbocycles. The summed E-state index contributed by atoms with van der Waals surface area (Å²) < 4.78 is 6.15. The molecule has 6 heteroatoms. The molecule has 138 valence electrons. The predicted octanol–water partition coefficient (Wildman–Crippen LogP) is 1.04. The molecule has 4 aliphatic carbocycles. The first-order valence-corrected chi connectivity index (χ1v) is 9.29. The third-order valence-corrected chi connectivity index (χ3v) is 8.76. The molecule has 5 rings (SSSR count). The molecule has 0 amide bonds. The molecule has 1 spiro atoms. The van der Waals surface area contributed by atoms with Gasteiger partial charge in [-0.05, 0) is 55.4 Å². The molecule has 1 aliphatic heterocycles. The van der Waals surface area contributed by atoms with E-state index >= 15 is 0 Å². The van der Waals surface area contributed by atoms with Crippen molar-refractivity contribution in [3.8, 4) is 0 Å². The lowest BCUT2D eigenvalue weighted by Crippen LogP contribution is -2.53. The van der Waals surface area contributed by atoms with Crippen molar-refractivity contribution < 1.29 is 30.0 Å². The maximum atomic E-state index is 12.4. The maximum Gasteiger partial charge on any atom is 0.307 e. The number of hydrogen-bond donors (Lipinski definition) is 4. The summed E-state index contributed by atoms with van der Waals surface area (Å²) >= 11 is 0. The highest BCUT2D eigenvalue weighted by Gasteiger charge is 2.83. The highest BCUT2D eigenvalue weighted by molar-refractivity contribution is 5.74. The number of hydrogen-bond acceptors (Lipinski definition) is 5. The number of carboxylic acid groups (broad SMARTS) is 1. The van der Waals surface area contributed by atoms with E-state index < -0.39 is 52.2 Å². The summed E-state index contributed by atoms with van der Waals surface area (Å²) in [6.07, 6.45) is 1.27. The Morgan fingerprint density at radius 1 is 1.28 bits per heavy atom. The van der Waals surface area contributed by atoms with E-state index in [-0.39, 0.29) is 5.92 Å². The molecule has 9 atom stereocenters. The van der Waals surface area contributed by atoms with Gasteiger partial charge < -0.3 is 25.2 Å². The molecule has 1 saturated heterocycles. The zero-order valence-electron chi connectivity index (χ0n) is 14.4. The highest BCUT2D eigenvalue weighted by Crippen LogP contribution is 2.78. The molecular formula is C19H26O6. The van der Waals surface area contributed by atoms with Crippen molar-refractivity contribution in [2.24, 2.45) is 28.6 Å². The van der Waals surface area contributed by atoms with Gasteiger partial charge in [-0.15, -0.1) is 0 Å². The lowest BCUT2D eigenvalue weighted by Gasteiger charge is -2.46. The molecule has 5 fully saturated rings. The molecule has 6 nitrogen and oxygen atoms in total. The van der Waals surface area contributed by atoms with Gasteiger partial charge in [-0.1, -0.05) is 13.5 Å². The topological polar surface area (TPSA) is 107 Å². The number of ether oxygens (including phenoxy) is 1. The summed E-state index contributed by atoms with van der Waals surface area (Å²) in [6.45, 7) is 5.83. The monoisotopic (exact) mass is 350 g/mol. The van der Waals surface area contributed by atoms with Crippen molar-refractivity contribution >= 4 is 5.97 Å². The van der Waals surface area contributed by atoms with Crippen molar-refractivity contribution in [1.82, 2.24) is 0 Å². The average molecular weight is 350 g/mol. The Labute approximate surface area is 146 Å². The normalized spacial score (nSPS) is 61.9. The quantitative estimate of drug-likeness (QED) is 0.527. The van der Waals surface area contributed by atoms with Crippen LogP contribution in [-0.4, -0.2) is 50.0 Å². The SMILES string of the molecule is C=C1CC23CC1(O)CCC2C12CCC(O)C(C)(C(O)O1)C2C3C(=O)O. The average Bonchev–Trinajstić information content (AvgIpc) is 2.95. The number of rotatable bonds is 1. The minimum absolute atomic E-state index is 0.0328. The summed E-state index contributed by atoms with van der Waals surface area (Å²) in [6, 6.07) is 0. The largest absolute Gasteiger partial charge is 0.481 e. The molecule has 4 N–H and O–H groups in total. The first-order valence-electron chi connectivity index (χ1n) is 9.29. The molecule has 0 aromatic rings. The van der Waals surface area contributed by atoms with Crippen LogP contribution in [0.25, 0.3) is 0 Å². The van der Waals surface area contributed by atoms with Crippen LogP contribution in [0.4, 0.5) is 0 Å². The van der Waals surface area contributed by atoms with Crippen LogP contribution in [-0.2, 0) is 9.53 Å². The van der Waals surface area contributed by atoms with E-state index in [9.17, 15) is 25.2 Å². The van der Waals surface area contributed by atoms with Gasteiger partial charge in [-0.25, -0.2) is 0 Å². The highest BCUT2D eigenvalue weighted by atomic mass is 16.6. The van der Waals surface area contributed by atoms with Crippen LogP contribution in [0.3, 0.4) is 0 Å². The van der Waals surface area contributed by atoms with Crippen LogP contribution in [0.1, 0.15) is 45.4 Å². The van der Waals surface area contributed by atoms with E-state index in [2.05, 4.69) is 6.58 Å². The Morgan fingerprint density at radius 2 is 2.00 bits per heavy atom. The molecule has 5 aliphatic rings. The van der Waals surface area contributed by atoms with Gasteiger partial charge in [0.1, 0.15) is 0 Å². The minimum atomic E-state index is -1.15. The van der Waals surface area contributed by atoms with E-state index in [1.807, 2.05) is 0 Å². The van der Waals surface area contributed by atoms with E-state index in [0.717, 1.165) is 5.57 Å². The molecule has 1 heterocycles. The molecule has 25 heavy (non-hydrogen) atoms. The number of aliphatic carboxylic acids is 1. The zero-order chi connectivity index (χ0) is 18.0. The van der Waals surface area contributed by atoms with E-state index in [1.54, 1.807) is 6.92 Å². The number of carbonyl (C=O) groups is 1. The number of fused-ring (bicyclic) bond motifs is 1. The van der Waals surface area contributed by atoms with Crippen molar-refractivity contribution in [1.29, 1.82) is 0 Å². The molecule has 0 aromatic heterocycles. The standard InChI is InChI=1S/C19H26O6/c1-9-7-17-8-18(9,24)5-3-10(17)19-6-4-11(20)16(2,15(23)25-19)13(19)12(17)14(21)22/h10-13,15,20,23-24H,1,3-8H2,2H3,(H,21,22). The summed E-state index contributed by atoms with van der Waals surface area (Å²) in [5.41, 5.74) is -2.55. The molecule has 4 bridgehead atoms. The van der Waals surface area contributed by atoms with Crippen LogP contribution in [0.5, 0.6) is 0 Å². The fourth-order valence-corrected chi connectivity index (χ4v) is 7.83. The van der Waals surface area contributed by atoms with Crippen molar-refractivity contribution in [3.63, 3.8) is 0 Å². The second-order valence-electron chi connectivity index (χ2n) is 9.45. The fourth-order valence-electron chi connectivity index (χ4n) is 7.83. The van der Waals surface area contributed by atoms with E-state index in [4.69, 9.17) is 4.74 Å². The van der Waals surface area contributed by atoms with Crippen LogP contribution in [0.15, 0.2) is 12.2 Å². The Hall–Kier alpha value is -0.950. The second kappa shape index (κ2) is 4.30. The first kappa shape index (κ1) is 16.2. The Kier molecular flexibility index (Phi) is 2.79. The maximum absolute atomic E-state index is 12.4. The van der Waals surface area contributed by atoms with Crippen LogP contribution < -0.4 is 0 Å². The molecule has 4 saturated carbocycles. The van der Waals surface area contributed by atoms with Gasteiger partial charge in [-0.3, -0.25) is 4.79 Å². The van der Waals surface area contributed by atoms with Gasteiger partial charge in [0.15, 0.2) is 6.29 Å². The summed E-state index contributed by atoms with van der Waals surface area (Å²) in [5, 5.41) is 42.5. The molecular weight excluding hydrogens is 324 g/mol. The molecule has 0 radical (unpaired) electrons. The lowest BCUT2D eigenvalue weighted by molar-refractivity contribution is -0.196. The van der Waals surface area contributed by atoms with Crippen LogP contribution in [0.2, 0.25) is 0 Å². The Balaban J connectivity index is 1.75. The predicted molar refractivity (Wildman–Crippen MR) is 86.3 cm³/mol. The van der Waals surface area contributed by atoms with Gasteiger partial charge in [0, 0.05) is 5.92 Å². The van der Waals surface area contributed by atoms with E-state index in [0.29, 0.717) is 38.5 Å². The zero-order valence-corrected chi connectivity index (χ0v) is 14.4. The number of aliphatic hydroxyl groups excluding tert-OH is 2. The second-order valence-corrected chi connectivity index (χ2v) is 9.45. The lowest BCUT2D eigenvalue weighted by atomic mass is 9.58. The minimum Gasteiger partial charge on any atom is -0.481 e. The van der Waals surface area contributed by atoms with Crippen molar-refractivity contribution in [2.75, 3.05) is 0 Å². The smallest absolute Gasteiger partial charge is 0.307 e. The first-order chi connectivity index (χ1) is 11.6. The van der Waals surface area contributed by atoms with E-state index in [1.165, 1.54) is 0 Å². The Bertz CT molecular complexity index is 691. The third-order valence-electron chi connectivity index (χ3n) is 8.76. The van der Waals surface area contributed by atoms with Gasteiger partial charge in [0.2, 0.25) is 0 Å². The summed E-state index contributed by atoms with van der Waals surface area (Å²) in [4.78, 5) is 12.4. The number of aliphatic hydroxyl groups is 3. The fraction of sp³-hybridized carbons (Fsp3) is 0.842. The summed E-state index contributed by atoms with van der Waals surface area (Å²) in [5.74, 6) is -2.14. The third kappa shape index (κ3) is 1.48. The van der Waals surface area contributed by atoms with Crippen LogP contribution >= 0.6 is 0 Å². The number of carboxylic acids is 1. The Morgan fingerprint density at radius 3 is 2.68 bits per heavy atom. The molecule has 9 unspecified atom stereocenters. The van der Waals surface area contributed by atoms with Gasteiger partial charge in [0.05, 0.1) is 28.6 Å². The summed E-state index contributed by atoms with van der Waals surface area (Å²) in [7, 11) is 0. The van der Waals surface area contributed by atoms with Gasteiger partial charge in [0.25, 0.3) is 0 Å². The van der Waals surface area contributed by atoms with Gasteiger partial charge >= 0.3 is 5.97 Å². The van der Waals surface area contributed by atoms with Crippen LogP contribution in [0, 0.1) is 28.6 Å². The van der Waals surface area contributed by atoms with Crippen molar-refractivity contribution in [3.05, 3.63) is 12.2 Å².